The molecular weight excluding hydrogens is 264 g/mol. The minimum atomic E-state index is 0.254. The molecule has 1 saturated heterocycles. The lowest BCUT2D eigenvalue weighted by molar-refractivity contribution is 0.0246. The number of hydrogen-bond acceptors (Lipinski definition) is 5. The lowest BCUT2D eigenvalue weighted by Crippen LogP contribution is -2.27. The van der Waals surface area contributed by atoms with Crippen LogP contribution in [0.2, 0.25) is 0 Å². The highest BCUT2D eigenvalue weighted by molar-refractivity contribution is 5.63. The second-order valence-corrected chi connectivity index (χ2v) is 5.35. The third-order valence-corrected chi connectivity index (χ3v) is 3.74. The van der Waals surface area contributed by atoms with E-state index in [4.69, 9.17) is 4.74 Å². The zero-order valence-corrected chi connectivity index (χ0v) is 12.2. The number of nitrogens with one attached hydrogen (secondary N) is 1. The van der Waals surface area contributed by atoms with Gasteiger partial charge in [-0.3, -0.25) is 0 Å². The molecule has 1 aromatic carbocycles. The Bertz CT molecular complexity index is 596. The summed E-state index contributed by atoms with van der Waals surface area (Å²) in [4.78, 5) is 4.55. The van der Waals surface area contributed by atoms with Crippen LogP contribution in [0.5, 0.6) is 0 Å². The van der Waals surface area contributed by atoms with E-state index in [1.54, 1.807) is 6.20 Å². The van der Waals surface area contributed by atoms with Gasteiger partial charge in [0.15, 0.2) is 0 Å². The molecule has 1 fully saturated rings. The number of ether oxygens (including phenoxy) is 1. The maximum absolute atomic E-state index is 5.70. The van der Waals surface area contributed by atoms with Crippen molar-refractivity contribution in [1.29, 1.82) is 0 Å². The Hall–Kier alpha value is -2.01. The summed E-state index contributed by atoms with van der Waals surface area (Å²) in [5.41, 5.74) is 3.11. The fraction of sp³-hybridized carbons (Fsp3) is 0.438. The van der Waals surface area contributed by atoms with Crippen LogP contribution in [-0.4, -0.2) is 34.4 Å². The van der Waals surface area contributed by atoms with Gasteiger partial charge < -0.3 is 10.1 Å². The van der Waals surface area contributed by atoms with Crippen molar-refractivity contribution < 1.29 is 4.74 Å². The summed E-state index contributed by atoms with van der Waals surface area (Å²) < 4.78 is 5.70. The predicted molar refractivity (Wildman–Crippen MR) is 82.1 cm³/mol. The Morgan fingerprint density at radius 2 is 2.19 bits per heavy atom. The first-order chi connectivity index (χ1) is 10.3. The number of rotatable bonds is 4. The largest absolute Gasteiger partial charge is 0.376 e. The Morgan fingerprint density at radius 3 is 3.00 bits per heavy atom. The van der Waals surface area contributed by atoms with Crippen LogP contribution in [0.3, 0.4) is 0 Å². The van der Waals surface area contributed by atoms with Crippen LogP contribution in [-0.2, 0) is 4.74 Å². The molecule has 1 unspecified atom stereocenters. The molecule has 2 aromatic rings. The van der Waals surface area contributed by atoms with Crippen molar-refractivity contribution in [3.8, 4) is 11.3 Å². The third-order valence-electron chi connectivity index (χ3n) is 3.74. The van der Waals surface area contributed by atoms with Crippen molar-refractivity contribution in [2.45, 2.75) is 32.3 Å². The number of benzene rings is 1. The maximum Gasteiger partial charge on any atom is 0.243 e. The number of anilines is 1. The second-order valence-electron chi connectivity index (χ2n) is 5.35. The minimum Gasteiger partial charge on any atom is -0.376 e. The molecule has 3 rings (SSSR count). The van der Waals surface area contributed by atoms with E-state index >= 15 is 0 Å². The highest BCUT2D eigenvalue weighted by Crippen LogP contribution is 2.20. The van der Waals surface area contributed by atoms with Crippen molar-refractivity contribution in [2.75, 3.05) is 18.5 Å². The van der Waals surface area contributed by atoms with E-state index < -0.39 is 0 Å². The van der Waals surface area contributed by atoms with Gasteiger partial charge in [-0.15, -0.1) is 5.10 Å². The van der Waals surface area contributed by atoms with Crippen molar-refractivity contribution in [3.63, 3.8) is 0 Å². The Balaban J connectivity index is 1.70. The van der Waals surface area contributed by atoms with Gasteiger partial charge in [-0.25, -0.2) is 4.98 Å². The number of hydrogen-bond donors (Lipinski definition) is 1. The molecule has 1 N–H and O–H groups in total. The standard InChI is InChI=1S/C16H20N4O/c1-12-6-2-3-8-14(12)15-11-18-20-16(19-15)17-10-13-7-4-5-9-21-13/h2-3,6,8,11,13H,4-5,7,9-10H2,1H3,(H,17,19,20). The molecule has 1 aliphatic rings. The van der Waals surface area contributed by atoms with Gasteiger partial charge in [0.05, 0.1) is 18.0 Å². The normalized spacial score (nSPS) is 18.4. The molecule has 0 bridgehead atoms. The van der Waals surface area contributed by atoms with Gasteiger partial charge in [0.1, 0.15) is 0 Å². The van der Waals surface area contributed by atoms with Gasteiger partial charge in [0, 0.05) is 18.7 Å². The summed E-state index contributed by atoms with van der Waals surface area (Å²) in [6.07, 6.45) is 5.44. The molecule has 0 saturated carbocycles. The molecule has 1 aromatic heterocycles. The van der Waals surface area contributed by atoms with E-state index in [0.29, 0.717) is 5.95 Å². The van der Waals surface area contributed by atoms with Gasteiger partial charge in [-0.05, 0) is 31.7 Å². The highest BCUT2D eigenvalue weighted by atomic mass is 16.5. The molecule has 110 valence electrons. The fourth-order valence-electron chi connectivity index (χ4n) is 2.54. The molecular formula is C16H20N4O. The summed E-state index contributed by atoms with van der Waals surface area (Å²) in [6, 6.07) is 8.15. The molecule has 5 nitrogen and oxygen atoms in total. The maximum atomic E-state index is 5.70. The molecule has 0 spiro atoms. The van der Waals surface area contributed by atoms with Crippen molar-refractivity contribution >= 4 is 5.95 Å². The van der Waals surface area contributed by atoms with E-state index in [2.05, 4.69) is 33.5 Å². The predicted octanol–water partition coefficient (Wildman–Crippen LogP) is 2.83. The smallest absolute Gasteiger partial charge is 0.243 e. The van der Waals surface area contributed by atoms with Crippen LogP contribution in [0, 0.1) is 6.92 Å². The van der Waals surface area contributed by atoms with Gasteiger partial charge in [0.2, 0.25) is 5.95 Å². The van der Waals surface area contributed by atoms with E-state index in [1.165, 1.54) is 12.0 Å². The summed E-state index contributed by atoms with van der Waals surface area (Å²) >= 11 is 0. The summed E-state index contributed by atoms with van der Waals surface area (Å²) in [6.45, 7) is 3.66. The minimum absolute atomic E-state index is 0.254. The Morgan fingerprint density at radius 1 is 1.29 bits per heavy atom. The van der Waals surface area contributed by atoms with Gasteiger partial charge >= 0.3 is 0 Å². The van der Waals surface area contributed by atoms with E-state index in [9.17, 15) is 0 Å². The van der Waals surface area contributed by atoms with Crippen LogP contribution in [0.1, 0.15) is 24.8 Å². The van der Waals surface area contributed by atoms with Crippen LogP contribution in [0.4, 0.5) is 5.95 Å². The van der Waals surface area contributed by atoms with Gasteiger partial charge in [0.25, 0.3) is 0 Å². The van der Waals surface area contributed by atoms with Crippen molar-refractivity contribution in [3.05, 3.63) is 36.0 Å². The topological polar surface area (TPSA) is 59.9 Å². The van der Waals surface area contributed by atoms with E-state index in [0.717, 1.165) is 37.3 Å². The quantitative estimate of drug-likeness (QED) is 0.935. The first-order valence-corrected chi connectivity index (χ1v) is 7.44. The molecule has 5 heteroatoms. The SMILES string of the molecule is Cc1ccccc1-c1cnnc(NCC2CCCCO2)n1. The summed E-state index contributed by atoms with van der Waals surface area (Å²) in [5.74, 6) is 0.560. The molecule has 21 heavy (non-hydrogen) atoms. The average Bonchev–Trinajstić information content (AvgIpc) is 2.55. The third kappa shape index (κ3) is 3.55. The highest BCUT2D eigenvalue weighted by Gasteiger charge is 2.14. The zero-order valence-electron chi connectivity index (χ0n) is 12.2. The van der Waals surface area contributed by atoms with E-state index in [-0.39, 0.29) is 6.10 Å². The molecule has 1 atom stereocenters. The van der Waals surface area contributed by atoms with Crippen LogP contribution in [0.25, 0.3) is 11.3 Å². The Labute approximate surface area is 124 Å². The molecule has 2 heterocycles. The molecule has 0 amide bonds. The molecule has 0 radical (unpaired) electrons. The monoisotopic (exact) mass is 284 g/mol. The lowest BCUT2D eigenvalue weighted by atomic mass is 10.1. The van der Waals surface area contributed by atoms with Crippen LogP contribution in [0.15, 0.2) is 30.5 Å². The number of nitrogens with zero attached hydrogens (tertiary/aromatic N) is 3. The van der Waals surface area contributed by atoms with E-state index in [1.807, 2.05) is 18.2 Å². The summed E-state index contributed by atoms with van der Waals surface area (Å²) in [5, 5.41) is 11.3. The van der Waals surface area contributed by atoms with Crippen LogP contribution < -0.4 is 5.32 Å². The summed E-state index contributed by atoms with van der Waals surface area (Å²) in [7, 11) is 0. The van der Waals surface area contributed by atoms with Gasteiger partial charge in [-0.1, -0.05) is 24.3 Å². The Kier molecular flexibility index (Phi) is 4.40. The number of aryl methyl sites for hydroxylation is 1. The zero-order chi connectivity index (χ0) is 14.5. The van der Waals surface area contributed by atoms with Crippen LogP contribution >= 0.6 is 0 Å². The molecule has 1 aliphatic heterocycles. The van der Waals surface area contributed by atoms with Gasteiger partial charge in [-0.2, -0.15) is 5.10 Å². The van der Waals surface area contributed by atoms with Crippen molar-refractivity contribution in [2.24, 2.45) is 0 Å². The second kappa shape index (κ2) is 6.63. The first kappa shape index (κ1) is 13.9. The average molecular weight is 284 g/mol. The van der Waals surface area contributed by atoms with Crippen molar-refractivity contribution in [1.82, 2.24) is 15.2 Å². The fourth-order valence-corrected chi connectivity index (χ4v) is 2.54. The molecule has 0 aliphatic carbocycles. The number of aromatic nitrogens is 3. The first-order valence-electron chi connectivity index (χ1n) is 7.44. The lowest BCUT2D eigenvalue weighted by Gasteiger charge is -2.22.